The second kappa shape index (κ2) is 6.71. The van der Waals surface area contributed by atoms with Crippen LogP contribution in [0.15, 0.2) is 36.9 Å². The molecule has 2 nitrogen and oxygen atoms in total. The largest absolute Gasteiger partial charge is 0.388 e. The summed E-state index contributed by atoms with van der Waals surface area (Å²) in [4.78, 5) is 2.11. The summed E-state index contributed by atoms with van der Waals surface area (Å²) in [5.41, 5.74) is 2.15. The molecule has 0 fully saturated rings. The number of rotatable bonds is 4. The Morgan fingerprint density at radius 2 is 2.06 bits per heavy atom. The predicted molar refractivity (Wildman–Crippen MR) is 70.6 cm³/mol. The van der Waals surface area contributed by atoms with E-state index in [4.69, 9.17) is 0 Å². The molecule has 1 aromatic rings. The van der Waals surface area contributed by atoms with Crippen LogP contribution in [0.1, 0.15) is 5.56 Å². The molecule has 0 atom stereocenters. The zero-order chi connectivity index (χ0) is 11.8. The van der Waals surface area contributed by atoms with Crippen molar-refractivity contribution in [2.75, 3.05) is 32.5 Å². The Balaban J connectivity index is 2.52. The maximum atomic E-state index is 3.69. The Bertz CT molecular complexity index is 381. The molecular weight excluding hydrogens is 196 g/mol. The third-order valence-electron chi connectivity index (χ3n) is 2.20. The smallest absolute Gasteiger partial charge is 0.0605 e. The first kappa shape index (κ1) is 12.4. The third-order valence-corrected chi connectivity index (χ3v) is 2.20. The Kier molecular flexibility index (Phi) is 5.18. The second-order valence-corrected chi connectivity index (χ2v) is 3.61. The van der Waals surface area contributed by atoms with Gasteiger partial charge in [-0.1, -0.05) is 17.9 Å². The molecule has 0 unspecified atom stereocenters. The summed E-state index contributed by atoms with van der Waals surface area (Å²) in [7, 11) is 3.94. The summed E-state index contributed by atoms with van der Waals surface area (Å²) in [6.07, 6.45) is 1.88. The molecule has 1 N–H and O–H groups in total. The highest BCUT2D eigenvalue weighted by Gasteiger charge is 1.90. The number of nitrogens with one attached hydrogen (secondary N) is 1. The molecule has 0 aliphatic carbocycles. The van der Waals surface area contributed by atoms with E-state index in [9.17, 15) is 0 Å². The Morgan fingerprint density at radius 1 is 1.38 bits per heavy atom. The fourth-order valence-electron chi connectivity index (χ4n) is 1.28. The van der Waals surface area contributed by atoms with Gasteiger partial charge in [-0.25, -0.2) is 0 Å². The average molecular weight is 214 g/mol. The van der Waals surface area contributed by atoms with Gasteiger partial charge in [0.05, 0.1) is 6.54 Å². The van der Waals surface area contributed by atoms with Crippen LogP contribution in [0, 0.1) is 11.8 Å². The van der Waals surface area contributed by atoms with Crippen LogP contribution in [0.5, 0.6) is 0 Å². The molecule has 0 bridgehead atoms. The molecule has 2 heteroatoms. The van der Waals surface area contributed by atoms with Crippen molar-refractivity contribution in [1.29, 1.82) is 0 Å². The minimum Gasteiger partial charge on any atom is -0.388 e. The van der Waals surface area contributed by atoms with Crippen molar-refractivity contribution in [3.63, 3.8) is 0 Å². The van der Waals surface area contributed by atoms with Crippen molar-refractivity contribution in [2.45, 2.75) is 0 Å². The number of benzene rings is 1. The number of hydrogen-bond acceptors (Lipinski definition) is 2. The number of nitrogens with zero attached hydrogens (tertiary/aromatic N) is 1. The van der Waals surface area contributed by atoms with Gasteiger partial charge < -0.3 is 5.32 Å². The molecule has 84 valence electrons. The van der Waals surface area contributed by atoms with E-state index in [0.717, 1.165) is 24.3 Å². The summed E-state index contributed by atoms with van der Waals surface area (Å²) >= 11 is 0. The van der Waals surface area contributed by atoms with E-state index in [1.165, 1.54) is 0 Å². The predicted octanol–water partition coefficient (Wildman–Crippen LogP) is 2.20. The van der Waals surface area contributed by atoms with Gasteiger partial charge in [0.15, 0.2) is 0 Å². The first-order valence-electron chi connectivity index (χ1n) is 5.32. The molecule has 0 heterocycles. The highest BCUT2D eigenvalue weighted by atomic mass is 15.1. The van der Waals surface area contributed by atoms with Crippen LogP contribution in [-0.4, -0.2) is 32.1 Å². The van der Waals surface area contributed by atoms with Gasteiger partial charge in [0.25, 0.3) is 0 Å². The Hall–Kier alpha value is -1.72. The van der Waals surface area contributed by atoms with Crippen molar-refractivity contribution in [1.82, 2.24) is 4.90 Å². The summed E-state index contributed by atoms with van der Waals surface area (Å²) < 4.78 is 0. The zero-order valence-electron chi connectivity index (χ0n) is 9.96. The first-order chi connectivity index (χ1) is 7.76. The van der Waals surface area contributed by atoms with E-state index in [1.807, 2.05) is 44.4 Å². The molecule has 0 spiro atoms. The van der Waals surface area contributed by atoms with Crippen molar-refractivity contribution in [2.24, 2.45) is 0 Å². The van der Waals surface area contributed by atoms with Crippen molar-refractivity contribution >= 4 is 5.69 Å². The van der Waals surface area contributed by atoms with E-state index in [1.54, 1.807) is 0 Å². The molecule has 0 aromatic heterocycles. The summed E-state index contributed by atoms with van der Waals surface area (Å²) in [6.45, 7) is 5.32. The molecule has 0 aliphatic rings. The van der Waals surface area contributed by atoms with Crippen LogP contribution in [0.2, 0.25) is 0 Å². The zero-order valence-corrected chi connectivity index (χ0v) is 9.96. The maximum Gasteiger partial charge on any atom is 0.0605 e. The van der Waals surface area contributed by atoms with E-state index in [2.05, 4.69) is 28.6 Å². The van der Waals surface area contributed by atoms with Crippen molar-refractivity contribution in [3.05, 3.63) is 42.5 Å². The van der Waals surface area contributed by atoms with Gasteiger partial charge in [-0.2, -0.15) is 0 Å². The highest BCUT2D eigenvalue weighted by molar-refractivity contribution is 5.47. The molecule has 0 saturated carbocycles. The monoisotopic (exact) mass is 214 g/mol. The molecule has 0 saturated heterocycles. The average Bonchev–Trinajstić information content (AvgIpc) is 2.30. The van der Waals surface area contributed by atoms with Crippen LogP contribution in [-0.2, 0) is 0 Å². The summed E-state index contributed by atoms with van der Waals surface area (Å²) in [5, 5.41) is 3.08. The SMILES string of the molecule is C=CCN(C)CC#Cc1ccc(NC)cc1. The van der Waals surface area contributed by atoms with Gasteiger partial charge in [-0.15, -0.1) is 6.58 Å². The Labute approximate surface area is 98.0 Å². The Morgan fingerprint density at radius 3 is 2.62 bits per heavy atom. The van der Waals surface area contributed by atoms with Crippen LogP contribution in [0.4, 0.5) is 5.69 Å². The minimum absolute atomic E-state index is 0.764. The number of anilines is 1. The highest BCUT2D eigenvalue weighted by Crippen LogP contribution is 2.06. The summed E-state index contributed by atoms with van der Waals surface area (Å²) in [5.74, 6) is 6.26. The van der Waals surface area contributed by atoms with Crippen LogP contribution in [0.3, 0.4) is 0 Å². The van der Waals surface area contributed by atoms with E-state index >= 15 is 0 Å². The van der Waals surface area contributed by atoms with E-state index in [-0.39, 0.29) is 0 Å². The van der Waals surface area contributed by atoms with Gasteiger partial charge in [-0.3, -0.25) is 4.90 Å². The molecule has 0 radical (unpaired) electrons. The molecule has 16 heavy (non-hydrogen) atoms. The molecule has 0 amide bonds. The molecular formula is C14H18N2. The van der Waals surface area contributed by atoms with E-state index < -0.39 is 0 Å². The van der Waals surface area contributed by atoms with Gasteiger partial charge >= 0.3 is 0 Å². The molecule has 1 rings (SSSR count). The number of likely N-dealkylation sites (N-methyl/N-ethyl adjacent to an activating group) is 1. The minimum atomic E-state index is 0.764. The lowest BCUT2D eigenvalue weighted by Gasteiger charge is -2.08. The van der Waals surface area contributed by atoms with Gasteiger partial charge in [0.2, 0.25) is 0 Å². The van der Waals surface area contributed by atoms with Crippen LogP contribution >= 0.6 is 0 Å². The van der Waals surface area contributed by atoms with Gasteiger partial charge in [0, 0.05) is 24.8 Å². The van der Waals surface area contributed by atoms with Crippen molar-refractivity contribution < 1.29 is 0 Å². The number of hydrogen-bond donors (Lipinski definition) is 1. The lowest BCUT2D eigenvalue weighted by Crippen LogP contribution is -2.17. The van der Waals surface area contributed by atoms with Crippen molar-refractivity contribution in [3.8, 4) is 11.8 Å². The fourth-order valence-corrected chi connectivity index (χ4v) is 1.28. The lowest BCUT2D eigenvalue weighted by molar-refractivity contribution is 0.419. The maximum absolute atomic E-state index is 3.69. The summed E-state index contributed by atoms with van der Waals surface area (Å²) in [6, 6.07) is 8.09. The third kappa shape index (κ3) is 4.20. The molecule has 1 aromatic carbocycles. The fraction of sp³-hybridized carbons (Fsp3) is 0.286. The van der Waals surface area contributed by atoms with Gasteiger partial charge in [0.1, 0.15) is 0 Å². The first-order valence-corrected chi connectivity index (χ1v) is 5.32. The molecule has 0 aliphatic heterocycles. The van der Waals surface area contributed by atoms with Crippen LogP contribution < -0.4 is 5.32 Å². The van der Waals surface area contributed by atoms with Gasteiger partial charge in [-0.05, 0) is 31.3 Å². The second-order valence-electron chi connectivity index (χ2n) is 3.61. The standard InChI is InChI=1S/C14H18N2/c1-4-11-16(3)12-5-6-13-7-9-14(15-2)10-8-13/h4,7-10,15H,1,11-12H2,2-3H3. The normalized spacial score (nSPS) is 9.44. The quantitative estimate of drug-likeness (QED) is 0.610. The van der Waals surface area contributed by atoms with Crippen LogP contribution in [0.25, 0.3) is 0 Å². The van der Waals surface area contributed by atoms with E-state index in [0.29, 0.717) is 0 Å². The topological polar surface area (TPSA) is 15.3 Å². The lowest BCUT2D eigenvalue weighted by atomic mass is 10.2.